The highest BCUT2D eigenvalue weighted by atomic mass is 19.1. The molecule has 0 aliphatic rings. The number of rotatable bonds is 5. The number of carbonyl (C=O) groups is 2. The largest absolute Gasteiger partial charge is 0.487 e. The second kappa shape index (κ2) is 8.19. The fourth-order valence-corrected chi connectivity index (χ4v) is 3.15. The van der Waals surface area contributed by atoms with E-state index in [2.05, 4.69) is 4.74 Å². The summed E-state index contributed by atoms with van der Waals surface area (Å²) >= 11 is 0. The number of halogens is 1. The third-order valence-electron chi connectivity index (χ3n) is 4.56. The van der Waals surface area contributed by atoms with Gasteiger partial charge in [-0.25, -0.2) is 14.0 Å². The number of fused-ring (bicyclic) bond motifs is 1. The minimum atomic E-state index is -1.26. The average molecular weight is 420 g/mol. The van der Waals surface area contributed by atoms with E-state index in [4.69, 9.17) is 20.6 Å². The summed E-state index contributed by atoms with van der Waals surface area (Å²) in [4.78, 5) is 23.8. The van der Waals surface area contributed by atoms with E-state index in [-0.39, 0.29) is 29.2 Å². The van der Waals surface area contributed by atoms with E-state index in [9.17, 15) is 14.0 Å². The van der Waals surface area contributed by atoms with Gasteiger partial charge in [-0.15, -0.1) is 0 Å². The average Bonchev–Trinajstić information content (AvgIpc) is 3.11. The number of hydrogen-bond donors (Lipinski definition) is 2. The molecule has 156 valence electrons. The molecule has 1 heterocycles. The molecule has 0 unspecified atom stereocenters. The van der Waals surface area contributed by atoms with Crippen LogP contribution in [0, 0.1) is 5.82 Å². The Morgan fingerprint density at radius 2 is 1.71 bits per heavy atom. The summed E-state index contributed by atoms with van der Waals surface area (Å²) in [5.74, 6) is -1.07. The first-order chi connectivity index (χ1) is 14.9. The van der Waals surface area contributed by atoms with Gasteiger partial charge >= 0.3 is 12.1 Å². The number of esters is 1. The molecule has 0 spiro atoms. The van der Waals surface area contributed by atoms with Crippen molar-refractivity contribution in [3.8, 4) is 17.1 Å². The number of furan rings is 1. The molecule has 0 aliphatic heterocycles. The standard InChI is InChI=1S/C23H17FN2O5/c24-15-8-6-14(7-9-15)21-20(22(27)31-23(26)28)16-10-19(17(25)11-18(16)30-21)29-12-13-4-2-1-3-5-13/h1-11H,12,25H2,(H2,26,28). The normalized spacial score (nSPS) is 10.7. The van der Waals surface area contributed by atoms with E-state index in [0.29, 0.717) is 16.7 Å². The van der Waals surface area contributed by atoms with E-state index in [1.807, 2.05) is 30.3 Å². The van der Waals surface area contributed by atoms with Crippen LogP contribution in [0.5, 0.6) is 5.75 Å². The Labute approximate surface area is 176 Å². The molecule has 7 nitrogen and oxygen atoms in total. The Balaban J connectivity index is 1.81. The molecule has 4 aromatic rings. The van der Waals surface area contributed by atoms with Gasteiger partial charge in [-0.2, -0.15) is 0 Å². The number of nitrogens with two attached hydrogens (primary N) is 2. The molecular weight excluding hydrogens is 403 g/mol. The molecule has 0 bridgehead atoms. The van der Waals surface area contributed by atoms with Crippen molar-refractivity contribution in [2.24, 2.45) is 5.73 Å². The fourth-order valence-electron chi connectivity index (χ4n) is 3.15. The number of ether oxygens (including phenoxy) is 2. The van der Waals surface area contributed by atoms with Crippen molar-refractivity contribution in [1.82, 2.24) is 0 Å². The highest BCUT2D eigenvalue weighted by molar-refractivity contribution is 6.11. The molecule has 0 atom stereocenters. The van der Waals surface area contributed by atoms with Crippen molar-refractivity contribution in [3.63, 3.8) is 0 Å². The highest BCUT2D eigenvalue weighted by Gasteiger charge is 2.26. The molecule has 1 amide bonds. The molecule has 0 fully saturated rings. The summed E-state index contributed by atoms with van der Waals surface area (Å²) in [5, 5.41) is 0.308. The summed E-state index contributed by atoms with van der Waals surface area (Å²) < 4.78 is 29.6. The Kier molecular flexibility index (Phi) is 5.28. The first kappa shape index (κ1) is 20.0. The molecular formula is C23H17FN2O5. The number of carbonyl (C=O) groups excluding carboxylic acids is 2. The van der Waals surface area contributed by atoms with Crippen LogP contribution in [0.1, 0.15) is 15.9 Å². The van der Waals surface area contributed by atoms with Crippen LogP contribution < -0.4 is 16.2 Å². The fraction of sp³-hybridized carbons (Fsp3) is 0.0435. The summed E-state index contributed by atoms with van der Waals surface area (Å²) in [7, 11) is 0. The first-order valence-electron chi connectivity index (χ1n) is 9.22. The third kappa shape index (κ3) is 4.18. The van der Waals surface area contributed by atoms with Crippen LogP contribution in [-0.2, 0) is 11.3 Å². The van der Waals surface area contributed by atoms with E-state index in [0.717, 1.165) is 5.56 Å². The minimum absolute atomic E-state index is 0.0510. The van der Waals surface area contributed by atoms with Gasteiger partial charge in [0.1, 0.15) is 35.1 Å². The van der Waals surface area contributed by atoms with Crippen molar-refractivity contribution in [2.75, 3.05) is 5.73 Å². The van der Waals surface area contributed by atoms with Crippen LogP contribution >= 0.6 is 0 Å². The molecule has 31 heavy (non-hydrogen) atoms. The zero-order chi connectivity index (χ0) is 22.0. The molecule has 0 radical (unpaired) electrons. The molecule has 1 aromatic heterocycles. The number of nitrogen functional groups attached to an aromatic ring is 1. The topological polar surface area (TPSA) is 118 Å². The van der Waals surface area contributed by atoms with Gasteiger partial charge in [-0.3, -0.25) is 0 Å². The van der Waals surface area contributed by atoms with E-state index < -0.39 is 17.9 Å². The predicted molar refractivity (Wildman–Crippen MR) is 112 cm³/mol. The molecule has 0 saturated carbocycles. The number of anilines is 1. The van der Waals surface area contributed by atoms with Crippen molar-refractivity contribution in [3.05, 3.63) is 83.7 Å². The zero-order valence-corrected chi connectivity index (χ0v) is 16.1. The molecule has 0 saturated heterocycles. The summed E-state index contributed by atoms with van der Waals surface area (Å²) in [6, 6.07) is 17.8. The minimum Gasteiger partial charge on any atom is -0.487 e. The van der Waals surface area contributed by atoms with Gasteiger partial charge in [0.2, 0.25) is 0 Å². The monoisotopic (exact) mass is 420 g/mol. The van der Waals surface area contributed by atoms with Gasteiger partial charge < -0.3 is 25.4 Å². The predicted octanol–water partition coefficient (Wildman–Crippen LogP) is 4.64. The van der Waals surface area contributed by atoms with Crippen molar-refractivity contribution >= 4 is 28.7 Å². The highest BCUT2D eigenvalue weighted by Crippen LogP contribution is 2.38. The van der Waals surface area contributed by atoms with Gasteiger partial charge in [-0.1, -0.05) is 30.3 Å². The van der Waals surface area contributed by atoms with E-state index >= 15 is 0 Å². The Bertz CT molecular complexity index is 1270. The Morgan fingerprint density at radius 1 is 1.00 bits per heavy atom. The molecule has 8 heteroatoms. The van der Waals surface area contributed by atoms with Gasteiger partial charge in [0.25, 0.3) is 0 Å². The van der Waals surface area contributed by atoms with Gasteiger partial charge in [0.05, 0.1) is 5.69 Å². The van der Waals surface area contributed by atoms with Gasteiger partial charge in [-0.05, 0) is 35.9 Å². The lowest BCUT2D eigenvalue weighted by molar-refractivity contribution is 0.0640. The maximum atomic E-state index is 13.4. The number of hydrogen-bond acceptors (Lipinski definition) is 6. The van der Waals surface area contributed by atoms with Crippen LogP contribution in [0.2, 0.25) is 0 Å². The summed E-state index contributed by atoms with van der Waals surface area (Å²) in [6.45, 7) is 0.250. The third-order valence-corrected chi connectivity index (χ3v) is 4.56. The van der Waals surface area contributed by atoms with Crippen LogP contribution in [0.3, 0.4) is 0 Å². The van der Waals surface area contributed by atoms with Crippen LogP contribution in [0.15, 0.2) is 71.1 Å². The van der Waals surface area contributed by atoms with Gasteiger partial charge in [0, 0.05) is 17.0 Å². The van der Waals surface area contributed by atoms with Crippen LogP contribution in [-0.4, -0.2) is 12.1 Å². The smallest absolute Gasteiger partial charge is 0.412 e. The van der Waals surface area contributed by atoms with Crippen molar-refractivity contribution < 1.29 is 27.9 Å². The first-order valence-corrected chi connectivity index (χ1v) is 9.22. The van der Waals surface area contributed by atoms with Crippen LogP contribution in [0.25, 0.3) is 22.3 Å². The summed E-state index contributed by atoms with van der Waals surface area (Å²) in [6.07, 6.45) is -1.26. The molecule has 3 aromatic carbocycles. The lowest BCUT2D eigenvalue weighted by atomic mass is 10.0. The quantitative estimate of drug-likeness (QED) is 0.276. The van der Waals surface area contributed by atoms with Crippen molar-refractivity contribution in [2.45, 2.75) is 6.61 Å². The lowest BCUT2D eigenvalue weighted by Gasteiger charge is -2.09. The van der Waals surface area contributed by atoms with Gasteiger partial charge in [0.15, 0.2) is 0 Å². The SMILES string of the molecule is NC(=O)OC(=O)c1c(-c2ccc(F)cc2)oc2cc(N)c(OCc3ccccc3)cc12. The number of amides is 1. The van der Waals surface area contributed by atoms with E-state index in [1.165, 1.54) is 36.4 Å². The molecule has 4 rings (SSSR count). The van der Waals surface area contributed by atoms with Crippen LogP contribution in [0.4, 0.5) is 14.9 Å². The zero-order valence-electron chi connectivity index (χ0n) is 16.1. The summed E-state index contributed by atoms with van der Waals surface area (Å²) in [5.41, 5.74) is 12.9. The number of primary amides is 1. The number of benzene rings is 3. The maximum absolute atomic E-state index is 13.4. The molecule has 4 N–H and O–H groups in total. The van der Waals surface area contributed by atoms with E-state index in [1.54, 1.807) is 0 Å². The van der Waals surface area contributed by atoms with Crippen molar-refractivity contribution in [1.29, 1.82) is 0 Å². The molecule has 0 aliphatic carbocycles. The second-order valence-electron chi connectivity index (χ2n) is 6.68. The Hall–Kier alpha value is -4.33. The maximum Gasteiger partial charge on any atom is 0.412 e. The lowest BCUT2D eigenvalue weighted by Crippen LogP contribution is -2.18. The Morgan fingerprint density at radius 3 is 2.39 bits per heavy atom. The second-order valence-corrected chi connectivity index (χ2v) is 6.68.